The van der Waals surface area contributed by atoms with E-state index in [4.69, 9.17) is 16.3 Å². The molecule has 1 aliphatic rings. The molecule has 2 nitrogen and oxygen atoms in total. The average molecular weight is 282 g/mol. The fraction of sp³-hybridized carbons (Fsp3) is 0.625. The lowest BCUT2D eigenvalue weighted by Crippen LogP contribution is -2.18. The van der Waals surface area contributed by atoms with Crippen molar-refractivity contribution in [1.82, 2.24) is 0 Å². The van der Waals surface area contributed by atoms with Gasteiger partial charge in [-0.2, -0.15) is 0 Å². The van der Waals surface area contributed by atoms with Gasteiger partial charge in [0, 0.05) is 17.3 Å². The fourth-order valence-corrected chi connectivity index (χ4v) is 2.94. The lowest BCUT2D eigenvalue weighted by Gasteiger charge is -2.19. The predicted molar refractivity (Wildman–Crippen MR) is 82.3 cm³/mol. The van der Waals surface area contributed by atoms with Crippen LogP contribution in [-0.4, -0.2) is 12.6 Å². The summed E-state index contributed by atoms with van der Waals surface area (Å²) in [4.78, 5) is 0. The Labute approximate surface area is 121 Å². The zero-order valence-corrected chi connectivity index (χ0v) is 12.5. The molecule has 19 heavy (non-hydrogen) atoms. The fourth-order valence-electron chi connectivity index (χ4n) is 2.73. The Morgan fingerprint density at radius 3 is 2.58 bits per heavy atom. The van der Waals surface area contributed by atoms with Gasteiger partial charge in [0.25, 0.3) is 0 Å². The van der Waals surface area contributed by atoms with Crippen molar-refractivity contribution in [3.8, 4) is 5.75 Å². The van der Waals surface area contributed by atoms with E-state index in [1.165, 1.54) is 44.2 Å². The van der Waals surface area contributed by atoms with Crippen LogP contribution in [0.5, 0.6) is 5.75 Å². The number of alkyl halides is 1. The van der Waals surface area contributed by atoms with E-state index in [0.717, 1.165) is 11.3 Å². The van der Waals surface area contributed by atoms with Crippen LogP contribution in [0.2, 0.25) is 0 Å². The molecule has 0 unspecified atom stereocenters. The number of rotatable bonds is 5. The van der Waals surface area contributed by atoms with Crippen molar-refractivity contribution >= 4 is 17.3 Å². The van der Waals surface area contributed by atoms with Gasteiger partial charge in [-0.25, -0.2) is 0 Å². The lowest BCUT2D eigenvalue weighted by molar-refractivity contribution is 0.337. The second kappa shape index (κ2) is 7.64. The molecule has 0 amide bonds. The van der Waals surface area contributed by atoms with Gasteiger partial charge in [-0.3, -0.25) is 0 Å². The van der Waals surface area contributed by atoms with E-state index < -0.39 is 0 Å². The lowest BCUT2D eigenvalue weighted by atomic mass is 10.1. The van der Waals surface area contributed by atoms with E-state index in [1.54, 1.807) is 0 Å². The van der Waals surface area contributed by atoms with Gasteiger partial charge >= 0.3 is 0 Å². The molecule has 1 N–H and O–H groups in total. The minimum atomic E-state index is 0.496. The molecule has 1 saturated carbocycles. The molecule has 1 aromatic carbocycles. The predicted octanol–water partition coefficient (Wildman–Crippen LogP) is 4.96. The summed E-state index contributed by atoms with van der Waals surface area (Å²) in [6, 6.07) is 6.87. The van der Waals surface area contributed by atoms with Crippen molar-refractivity contribution in [3.05, 3.63) is 23.8 Å². The average Bonchev–Trinajstić information content (AvgIpc) is 2.69. The van der Waals surface area contributed by atoms with E-state index in [0.29, 0.717) is 18.5 Å². The van der Waals surface area contributed by atoms with Gasteiger partial charge in [-0.1, -0.05) is 25.7 Å². The highest BCUT2D eigenvalue weighted by molar-refractivity contribution is 6.17. The zero-order chi connectivity index (χ0) is 13.5. The van der Waals surface area contributed by atoms with Crippen molar-refractivity contribution in [2.45, 2.75) is 57.4 Å². The van der Waals surface area contributed by atoms with E-state index in [1.807, 2.05) is 13.0 Å². The van der Waals surface area contributed by atoms with Crippen LogP contribution in [0.1, 0.15) is 51.0 Å². The van der Waals surface area contributed by atoms with Crippen LogP contribution in [0, 0.1) is 0 Å². The Morgan fingerprint density at radius 2 is 1.95 bits per heavy atom. The Bertz CT molecular complexity index is 386. The summed E-state index contributed by atoms with van der Waals surface area (Å²) in [6.07, 6.45) is 8.02. The van der Waals surface area contributed by atoms with Crippen molar-refractivity contribution < 1.29 is 4.74 Å². The quantitative estimate of drug-likeness (QED) is 0.608. The highest BCUT2D eigenvalue weighted by Crippen LogP contribution is 2.27. The molecule has 1 fully saturated rings. The number of benzene rings is 1. The van der Waals surface area contributed by atoms with Crippen LogP contribution in [0.3, 0.4) is 0 Å². The maximum atomic E-state index is 6.00. The molecule has 1 aromatic rings. The first-order valence-electron chi connectivity index (χ1n) is 7.41. The third-order valence-electron chi connectivity index (χ3n) is 3.73. The third kappa shape index (κ3) is 4.31. The second-order valence-corrected chi connectivity index (χ2v) is 5.49. The molecule has 2 rings (SSSR count). The third-order valence-corrected chi connectivity index (χ3v) is 4.02. The number of halogens is 1. The monoisotopic (exact) mass is 281 g/mol. The zero-order valence-electron chi connectivity index (χ0n) is 11.8. The molecule has 106 valence electrons. The van der Waals surface area contributed by atoms with Crippen LogP contribution < -0.4 is 10.1 Å². The van der Waals surface area contributed by atoms with Crippen LogP contribution in [0.25, 0.3) is 0 Å². The number of nitrogens with one attached hydrogen (secondary N) is 1. The first-order valence-corrected chi connectivity index (χ1v) is 7.95. The summed E-state index contributed by atoms with van der Waals surface area (Å²) in [5.41, 5.74) is 2.24. The molecule has 0 saturated heterocycles. The SMILES string of the molecule is CCOc1ccc(NC2CCCCCC2)cc1CCl. The molecule has 0 spiro atoms. The molecular weight excluding hydrogens is 258 g/mol. The number of hydrogen-bond donors (Lipinski definition) is 1. The van der Waals surface area contributed by atoms with Gasteiger partial charge in [-0.05, 0) is 38.0 Å². The van der Waals surface area contributed by atoms with Crippen molar-refractivity contribution in [1.29, 1.82) is 0 Å². The van der Waals surface area contributed by atoms with Crippen LogP contribution >= 0.6 is 11.6 Å². The highest BCUT2D eigenvalue weighted by Gasteiger charge is 2.12. The molecule has 0 aliphatic heterocycles. The van der Waals surface area contributed by atoms with Gasteiger partial charge in [0.1, 0.15) is 5.75 Å². The smallest absolute Gasteiger partial charge is 0.123 e. The molecule has 0 radical (unpaired) electrons. The summed E-state index contributed by atoms with van der Waals surface area (Å²) >= 11 is 6.00. The molecule has 0 aromatic heterocycles. The number of hydrogen-bond acceptors (Lipinski definition) is 2. The van der Waals surface area contributed by atoms with Gasteiger partial charge in [0.05, 0.1) is 12.5 Å². The van der Waals surface area contributed by atoms with E-state index >= 15 is 0 Å². The van der Waals surface area contributed by atoms with E-state index in [9.17, 15) is 0 Å². The highest BCUT2D eigenvalue weighted by atomic mass is 35.5. The minimum Gasteiger partial charge on any atom is -0.494 e. The second-order valence-electron chi connectivity index (χ2n) is 5.22. The first-order chi connectivity index (χ1) is 9.33. The summed E-state index contributed by atoms with van der Waals surface area (Å²) in [5, 5.41) is 3.65. The van der Waals surface area contributed by atoms with Gasteiger partial charge < -0.3 is 10.1 Å². The van der Waals surface area contributed by atoms with Crippen molar-refractivity contribution in [3.63, 3.8) is 0 Å². The number of ether oxygens (including phenoxy) is 1. The van der Waals surface area contributed by atoms with Crippen LogP contribution in [-0.2, 0) is 5.88 Å². The summed E-state index contributed by atoms with van der Waals surface area (Å²) < 4.78 is 5.58. The number of anilines is 1. The Morgan fingerprint density at radius 1 is 1.21 bits per heavy atom. The van der Waals surface area contributed by atoms with Gasteiger partial charge in [0.2, 0.25) is 0 Å². The normalized spacial score (nSPS) is 16.9. The standard InChI is InChI=1S/C16H24ClNO/c1-2-19-16-10-9-15(11-13(16)12-17)18-14-7-5-3-4-6-8-14/h9-11,14,18H,2-8,12H2,1H3. The largest absolute Gasteiger partial charge is 0.494 e. The molecule has 3 heteroatoms. The van der Waals surface area contributed by atoms with Crippen molar-refractivity contribution in [2.24, 2.45) is 0 Å². The van der Waals surface area contributed by atoms with Gasteiger partial charge in [-0.15, -0.1) is 11.6 Å². The Hall–Kier alpha value is -0.890. The molecule has 0 atom stereocenters. The van der Waals surface area contributed by atoms with Gasteiger partial charge in [0.15, 0.2) is 0 Å². The summed E-state index contributed by atoms with van der Waals surface area (Å²) in [6.45, 7) is 2.68. The first kappa shape index (κ1) is 14.5. The Balaban J connectivity index is 2.03. The molecular formula is C16H24ClNO. The Kier molecular flexibility index (Phi) is 5.84. The van der Waals surface area contributed by atoms with Crippen LogP contribution in [0.4, 0.5) is 5.69 Å². The van der Waals surface area contributed by atoms with Crippen LogP contribution in [0.15, 0.2) is 18.2 Å². The summed E-state index contributed by atoms with van der Waals surface area (Å²) in [7, 11) is 0. The van der Waals surface area contributed by atoms with E-state index in [-0.39, 0.29) is 0 Å². The maximum absolute atomic E-state index is 6.00. The summed E-state index contributed by atoms with van der Waals surface area (Å²) in [5.74, 6) is 1.40. The molecule has 1 aliphatic carbocycles. The maximum Gasteiger partial charge on any atom is 0.123 e. The minimum absolute atomic E-state index is 0.496. The molecule has 0 bridgehead atoms. The molecule has 0 heterocycles. The van der Waals surface area contributed by atoms with E-state index in [2.05, 4.69) is 17.4 Å². The topological polar surface area (TPSA) is 21.3 Å². The van der Waals surface area contributed by atoms with Crippen molar-refractivity contribution in [2.75, 3.05) is 11.9 Å².